The number of benzene rings is 3. The summed E-state index contributed by atoms with van der Waals surface area (Å²) in [6, 6.07) is 16.0. The molecule has 2 aliphatic rings. The smallest absolute Gasteiger partial charge is 0.220 e. The van der Waals surface area contributed by atoms with E-state index in [4.69, 9.17) is 0 Å². The fourth-order valence-electron chi connectivity index (χ4n) is 8.27. The number of fused-ring (bicyclic) bond motifs is 2. The molecule has 1 amide bonds. The van der Waals surface area contributed by atoms with Gasteiger partial charge in [0.05, 0.1) is 34.8 Å². The Kier molecular flexibility index (Phi) is 17.9. The average Bonchev–Trinajstić information content (AvgIpc) is 3.58. The summed E-state index contributed by atoms with van der Waals surface area (Å²) >= 11 is 0. The number of rotatable bonds is 19. The molecule has 342 valence electrons. The molecular weight excluding hydrogens is 837 g/mol. The number of carbonyl (C=O) groups is 1. The maximum atomic E-state index is 12.5. The number of nitrogens with one attached hydrogen (secondary N) is 2. The van der Waals surface area contributed by atoms with Gasteiger partial charge in [-0.15, -0.1) is 0 Å². The van der Waals surface area contributed by atoms with Crippen molar-refractivity contribution in [3.05, 3.63) is 126 Å². The van der Waals surface area contributed by atoms with Crippen molar-refractivity contribution in [2.24, 2.45) is 0 Å². The average molecular weight is 903 g/mol. The van der Waals surface area contributed by atoms with Gasteiger partial charge in [-0.05, 0) is 120 Å². The summed E-state index contributed by atoms with van der Waals surface area (Å²) in [6.07, 6.45) is 16.9. The molecule has 0 bridgehead atoms. The van der Waals surface area contributed by atoms with Crippen molar-refractivity contribution in [3.8, 4) is 5.75 Å². The molecule has 3 aromatic rings. The first-order valence-corrected chi connectivity index (χ1v) is 24.8. The molecule has 0 saturated heterocycles. The van der Waals surface area contributed by atoms with Gasteiger partial charge in [-0.25, -0.2) is 16.8 Å². The molecular formula is C49H66N4O8S2. The minimum atomic E-state index is -4.65. The third-order valence-electron chi connectivity index (χ3n) is 12.0. The van der Waals surface area contributed by atoms with Crippen molar-refractivity contribution >= 4 is 43.2 Å². The number of unbranched alkanes of at least 4 members (excludes halogenated alkanes) is 2. The van der Waals surface area contributed by atoms with E-state index in [1.807, 2.05) is 89.3 Å². The van der Waals surface area contributed by atoms with E-state index in [0.717, 1.165) is 52.3 Å². The van der Waals surface area contributed by atoms with Crippen LogP contribution in [0.4, 0.5) is 11.4 Å². The van der Waals surface area contributed by atoms with Crippen LogP contribution in [0.2, 0.25) is 0 Å². The van der Waals surface area contributed by atoms with Gasteiger partial charge in [-0.1, -0.05) is 56.4 Å². The lowest BCUT2D eigenvalue weighted by atomic mass is 9.81. The second kappa shape index (κ2) is 22.2. The predicted octanol–water partition coefficient (Wildman–Crippen LogP) is 6.80. The Balaban J connectivity index is 0.00000115. The number of amides is 1. The van der Waals surface area contributed by atoms with Crippen LogP contribution in [0.15, 0.2) is 119 Å². The Morgan fingerprint density at radius 1 is 0.762 bits per heavy atom. The number of aromatic hydroxyl groups is 1. The molecule has 0 saturated carbocycles. The second-order valence-electron chi connectivity index (χ2n) is 16.9. The summed E-state index contributed by atoms with van der Waals surface area (Å²) in [4.78, 5) is 15.7. The summed E-state index contributed by atoms with van der Waals surface area (Å²) < 4.78 is 73.1. The Morgan fingerprint density at radius 3 is 1.94 bits per heavy atom. The molecule has 0 unspecified atom stereocenters. The third kappa shape index (κ3) is 13.1. The highest BCUT2D eigenvalue weighted by Crippen LogP contribution is 2.48. The molecule has 2 heterocycles. The lowest BCUT2D eigenvalue weighted by molar-refractivity contribution is -0.894. The largest absolute Gasteiger partial charge is 0.744 e. The zero-order valence-corrected chi connectivity index (χ0v) is 39.7. The van der Waals surface area contributed by atoms with Crippen LogP contribution in [0.3, 0.4) is 0 Å². The zero-order chi connectivity index (χ0) is 46.6. The number of quaternary nitrogens is 1. The topological polar surface area (TPSA) is 174 Å². The molecule has 3 N–H and O–H groups in total. The van der Waals surface area contributed by atoms with Gasteiger partial charge < -0.3 is 29.3 Å². The number of carbonyl (C=O) groups excluding carboxylic acids is 1. The van der Waals surface area contributed by atoms with Crippen LogP contribution in [-0.2, 0) is 42.3 Å². The van der Waals surface area contributed by atoms with E-state index in [1.165, 1.54) is 43.9 Å². The predicted molar refractivity (Wildman–Crippen MR) is 249 cm³/mol. The Bertz CT molecular complexity index is 2440. The normalized spacial score (nSPS) is 16.4. The highest BCUT2D eigenvalue weighted by Gasteiger charge is 2.44. The second-order valence-corrected chi connectivity index (χ2v) is 19.6. The minimum Gasteiger partial charge on any atom is -0.744 e. The van der Waals surface area contributed by atoms with E-state index in [9.17, 15) is 35.8 Å². The van der Waals surface area contributed by atoms with Crippen LogP contribution in [-0.4, -0.2) is 86.5 Å². The van der Waals surface area contributed by atoms with Gasteiger partial charge in [0.15, 0.2) is 5.71 Å². The monoisotopic (exact) mass is 902 g/mol. The van der Waals surface area contributed by atoms with Gasteiger partial charge in [0.1, 0.15) is 32.5 Å². The first kappa shape index (κ1) is 50.8. The summed E-state index contributed by atoms with van der Waals surface area (Å²) in [5, 5.41) is 12.4. The maximum absolute atomic E-state index is 12.5. The van der Waals surface area contributed by atoms with E-state index >= 15 is 0 Å². The number of likely N-dealkylation sites (N-methyl/N-ethyl adjacent to an activating group) is 1. The SMILES string of the molecule is CCN1\C(=C/C=C/C=C/C=C\C2=[N+](CCCCCC(=O)NCCc3ccc(O)cc3)c3ccc(S(=O)(=O)[O-])cc3C2(C)C)C(C)(C)c2cc(S(=O)(=O)[O-])ccc21.CC[NH+](CC)CC. The number of allylic oxidation sites excluding steroid dienone is 8. The molecule has 0 atom stereocenters. The molecule has 14 heteroatoms. The first-order valence-electron chi connectivity index (χ1n) is 21.9. The highest BCUT2D eigenvalue weighted by molar-refractivity contribution is 7.86. The highest BCUT2D eigenvalue weighted by atomic mass is 32.2. The molecule has 0 fully saturated rings. The number of phenols is 1. The number of nitrogens with zero attached hydrogens (tertiary/aromatic N) is 2. The van der Waals surface area contributed by atoms with Gasteiger partial charge in [0, 0.05) is 60.4 Å². The number of hydrogen-bond donors (Lipinski definition) is 3. The molecule has 2 aliphatic heterocycles. The molecule has 63 heavy (non-hydrogen) atoms. The molecule has 0 spiro atoms. The molecule has 3 aromatic carbocycles. The summed E-state index contributed by atoms with van der Waals surface area (Å²) in [6.45, 7) is 22.3. The van der Waals surface area contributed by atoms with Gasteiger partial charge >= 0.3 is 0 Å². The first-order chi connectivity index (χ1) is 29.7. The summed E-state index contributed by atoms with van der Waals surface area (Å²) in [7, 11) is -9.23. The van der Waals surface area contributed by atoms with Crippen LogP contribution >= 0.6 is 0 Å². The molecule has 0 aromatic heterocycles. The van der Waals surface area contributed by atoms with Crippen molar-refractivity contribution in [1.82, 2.24) is 5.32 Å². The summed E-state index contributed by atoms with van der Waals surface area (Å²) in [5.41, 5.74) is 5.04. The molecule has 0 aliphatic carbocycles. The van der Waals surface area contributed by atoms with Crippen LogP contribution in [0.25, 0.3) is 0 Å². The van der Waals surface area contributed by atoms with Gasteiger partial charge in [0.2, 0.25) is 11.6 Å². The number of phenolic OH excluding ortho intramolecular Hbond substituents is 1. The molecule has 0 radical (unpaired) electrons. The van der Waals surface area contributed by atoms with Crippen molar-refractivity contribution in [2.75, 3.05) is 44.2 Å². The van der Waals surface area contributed by atoms with Crippen molar-refractivity contribution < 1.29 is 45.3 Å². The molecule has 5 rings (SSSR count). The Labute approximate surface area is 375 Å². The summed E-state index contributed by atoms with van der Waals surface area (Å²) in [5.74, 6) is 0.195. The van der Waals surface area contributed by atoms with E-state index in [-0.39, 0.29) is 21.4 Å². The standard InChI is InChI=1S/C43H51N3O8S2.C6H15N/c1-6-45-37-24-22-33(55(49,50)51)29-35(37)42(2,3)39(45)15-11-8-7-9-12-16-40-43(4,5)36-30-34(56(52,53)54)23-25-38(36)46(40)28-14-10-13-17-41(48)44-27-26-31-18-20-32(47)21-19-31;1-4-7(5-2)6-3/h7-9,11-12,15-16,18-25,29-30H,6,10,13-14,17,26-28H2,1-5H3,(H3-,44,47,48,49,50,51,52,53,54);4-6H2,1-3H3. The third-order valence-corrected chi connectivity index (χ3v) is 13.7. The van der Waals surface area contributed by atoms with E-state index < -0.39 is 31.1 Å². The van der Waals surface area contributed by atoms with Gasteiger partial charge in [0.25, 0.3) is 0 Å². The lowest BCUT2D eigenvalue weighted by Gasteiger charge is -2.25. The maximum Gasteiger partial charge on any atom is 0.220 e. The van der Waals surface area contributed by atoms with Crippen LogP contribution in [0, 0.1) is 0 Å². The Morgan fingerprint density at radius 2 is 1.35 bits per heavy atom. The lowest BCUT2D eigenvalue weighted by Crippen LogP contribution is -3.11. The van der Waals surface area contributed by atoms with Crippen LogP contribution in [0.1, 0.15) is 97.8 Å². The fraction of sp³-hybridized carbons (Fsp3) is 0.429. The fourth-order valence-corrected chi connectivity index (χ4v) is 9.26. The van der Waals surface area contributed by atoms with E-state index in [0.29, 0.717) is 38.9 Å². The molecule has 12 nitrogen and oxygen atoms in total. The van der Waals surface area contributed by atoms with Crippen LogP contribution < -0.4 is 15.1 Å². The number of anilines is 1. The van der Waals surface area contributed by atoms with E-state index in [2.05, 4.69) is 35.6 Å². The van der Waals surface area contributed by atoms with E-state index in [1.54, 1.807) is 29.2 Å². The van der Waals surface area contributed by atoms with Crippen LogP contribution in [0.5, 0.6) is 5.75 Å². The quantitative estimate of drug-likeness (QED) is 0.0506. The van der Waals surface area contributed by atoms with Crippen molar-refractivity contribution in [3.63, 3.8) is 0 Å². The Hall–Kier alpha value is -4.86. The van der Waals surface area contributed by atoms with Crippen molar-refractivity contribution in [2.45, 2.75) is 108 Å². The zero-order valence-electron chi connectivity index (χ0n) is 38.1. The van der Waals surface area contributed by atoms with Gasteiger partial charge in [-0.2, -0.15) is 4.58 Å². The van der Waals surface area contributed by atoms with Crippen molar-refractivity contribution in [1.29, 1.82) is 0 Å². The minimum absolute atomic E-state index is 0.0123. The number of hydrogen-bond acceptors (Lipinski definition) is 9. The van der Waals surface area contributed by atoms with Gasteiger partial charge in [-0.3, -0.25) is 4.79 Å².